The first-order valence-corrected chi connectivity index (χ1v) is 7.86. The van der Waals surface area contributed by atoms with Crippen molar-refractivity contribution in [2.45, 2.75) is 25.8 Å². The average molecular weight is 286 g/mol. The zero-order valence-corrected chi connectivity index (χ0v) is 11.9. The summed E-state index contributed by atoms with van der Waals surface area (Å²) in [4.78, 5) is 0. The fourth-order valence-corrected chi connectivity index (χ4v) is 3.65. The fraction of sp³-hybridized carbons (Fsp3) is 0.538. The molecule has 0 amide bonds. The summed E-state index contributed by atoms with van der Waals surface area (Å²) in [7, 11) is -1.83. The smallest absolute Gasteiger partial charge is 0.207 e. The summed E-state index contributed by atoms with van der Waals surface area (Å²) in [5.74, 6) is -0.315. The molecular weight excluding hydrogens is 267 g/mol. The van der Waals surface area contributed by atoms with Crippen LogP contribution in [0.4, 0.5) is 4.39 Å². The number of halogens is 1. The molecule has 6 heteroatoms. The lowest BCUT2D eigenvalue weighted by molar-refractivity contribution is 0.314. The Balaban J connectivity index is 2.05. The maximum absolute atomic E-state index is 12.8. The van der Waals surface area contributed by atoms with E-state index in [4.69, 9.17) is 0 Å². The van der Waals surface area contributed by atoms with Crippen LogP contribution >= 0.6 is 0 Å². The topological polar surface area (TPSA) is 40.6 Å². The standard InChI is InChI=1S/C13H19FN2O2S/c1-15(11-12-5-7-13(14)8-6-12)19(17,18)16-9-3-2-4-10-16/h5-8H,2-4,9-11H2,1H3. The van der Waals surface area contributed by atoms with Gasteiger partial charge in [0.05, 0.1) is 0 Å². The van der Waals surface area contributed by atoms with Crippen LogP contribution in [0.5, 0.6) is 0 Å². The highest BCUT2D eigenvalue weighted by Crippen LogP contribution is 2.17. The van der Waals surface area contributed by atoms with E-state index in [1.165, 1.54) is 20.7 Å². The molecule has 2 rings (SSSR count). The van der Waals surface area contributed by atoms with Crippen LogP contribution in [0.15, 0.2) is 24.3 Å². The van der Waals surface area contributed by atoms with Gasteiger partial charge in [-0.3, -0.25) is 0 Å². The lowest BCUT2D eigenvalue weighted by Crippen LogP contribution is -2.43. The van der Waals surface area contributed by atoms with E-state index in [-0.39, 0.29) is 12.4 Å². The molecule has 1 aromatic rings. The second-order valence-corrected chi connectivity index (χ2v) is 6.89. The van der Waals surface area contributed by atoms with Crippen molar-refractivity contribution in [3.8, 4) is 0 Å². The second-order valence-electron chi connectivity index (χ2n) is 4.85. The van der Waals surface area contributed by atoms with Crippen LogP contribution in [0.2, 0.25) is 0 Å². The van der Waals surface area contributed by atoms with E-state index >= 15 is 0 Å². The van der Waals surface area contributed by atoms with E-state index in [1.54, 1.807) is 19.2 Å². The molecule has 0 N–H and O–H groups in total. The predicted octanol–water partition coefficient (Wildman–Crippen LogP) is 1.99. The van der Waals surface area contributed by atoms with Crippen molar-refractivity contribution < 1.29 is 12.8 Å². The molecule has 0 unspecified atom stereocenters. The van der Waals surface area contributed by atoms with Gasteiger partial charge in [-0.05, 0) is 30.5 Å². The number of hydrogen-bond acceptors (Lipinski definition) is 2. The Hall–Kier alpha value is -0.980. The van der Waals surface area contributed by atoms with Crippen LogP contribution in [-0.2, 0) is 16.8 Å². The van der Waals surface area contributed by atoms with Gasteiger partial charge in [0.15, 0.2) is 0 Å². The van der Waals surface area contributed by atoms with Gasteiger partial charge in [-0.25, -0.2) is 4.39 Å². The summed E-state index contributed by atoms with van der Waals surface area (Å²) in [6.07, 6.45) is 2.93. The number of nitrogens with zero attached hydrogens (tertiary/aromatic N) is 2. The Kier molecular flexibility index (Phi) is 4.54. The molecule has 0 saturated carbocycles. The molecule has 0 radical (unpaired) electrons. The van der Waals surface area contributed by atoms with Crippen molar-refractivity contribution in [1.82, 2.24) is 8.61 Å². The molecule has 0 aromatic heterocycles. The number of benzene rings is 1. The molecule has 1 saturated heterocycles. The molecule has 19 heavy (non-hydrogen) atoms. The summed E-state index contributed by atoms with van der Waals surface area (Å²) in [5.41, 5.74) is 0.782. The van der Waals surface area contributed by atoms with Crippen molar-refractivity contribution in [3.05, 3.63) is 35.6 Å². The van der Waals surface area contributed by atoms with Crippen LogP contribution < -0.4 is 0 Å². The average Bonchev–Trinajstić information content (AvgIpc) is 2.42. The number of hydrogen-bond donors (Lipinski definition) is 0. The zero-order valence-electron chi connectivity index (χ0n) is 11.0. The van der Waals surface area contributed by atoms with Crippen LogP contribution in [0, 0.1) is 5.82 Å². The molecule has 0 spiro atoms. The molecule has 1 aliphatic rings. The second kappa shape index (κ2) is 5.98. The zero-order chi connectivity index (χ0) is 13.9. The largest absolute Gasteiger partial charge is 0.282 e. The summed E-state index contributed by atoms with van der Waals surface area (Å²) >= 11 is 0. The van der Waals surface area contributed by atoms with Crippen molar-refractivity contribution in [1.29, 1.82) is 0 Å². The minimum absolute atomic E-state index is 0.263. The molecule has 0 aliphatic carbocycles. The van der Waals surface area contributed by atoms with Gasteiger partial charge in [-0.1, -0.05) is 18.6 Å². The molecule has 106 valence electrons. The SMILES string of the molecule is CN(Cc1ccc(F)cc1)S(=O)(=O)N1CCCCC1. The lowest BCUT2D eigenvalue weighted by atomic mass is 10.2. The van der Waals surface area contributed by atoms with Gasteiger partial charge in [-0.2, -0.15) is 17.0 Å². The third kappa shape index (κ3) is 3.52. The van der Waals surface area contributed by atoms with Crippen molar-refractivity contribution in [3.63, 3.8) is 0 Å². The molecule has 0 bridgehead atoms. The quantitative estimate of drug-likeness (QED) is 0.849. The van der Waals surface area contributed by atoms with Gasteiger partial charge in [0.25, 0.3) is 10.2 Å². The van der Waals surface area contributed by atoms with Crippen molar-refractivity contribution >= 4 is 10.2 Å². The van der Waals surface area contributed by atoms with Gasteiger partial charge in [0.2, 0.25) is 0 Å². The first-order chi connectivity index (χ1) is 9.00. The van der Waals surface area contributed by atoms with E-state index in [9.17, 15) is 12.8 Å². The molecule has 1 heterocycles. The highest BCUT2D eigenvalue weighted by atomic mass is 32.2. The molecule has 0 atom stereocenters. The summed E-state index contributed by atoms with van der Waals surface area (Å²) < 4.78 is 40.3. The molecule has 1 fully saturated rings. The molecule has 1 aromatic carbocycles. The minimum atomic E-state index is -3.40. The van der Waals surface area contributed by atoms with Gasteiger partial charge in [0, 0.05) is 26.7 Å². The van der Waals surface area contributed by atoms with E-state index < -0.39 is 10.2 Å². The Bertz CT molecular complexity index is 510. The van der Waals surface area contributed by atoms with Crippen LogP contribution in [0.1, 0.15) is 24.8 Å². The Morgan fingerprint density at radius 2 is 1.74 bits per heavy atom. The van der Waals surface area contributed by atoms with Crippen LogP contribution in [0.25, 0.3) is 0 Å². The third-order valence-electron chi connectivity index (χ3n) is 3.35. The fourth-order valence-electron chi connectivity index (χ4n) is 2.22. The van der Waals surface area contributed by atoms with Gasteiger partial charge >= 0.3 is 0 Å². The summed E-state index contributed by atoms with van der Waals surface area (Å²) in [5, 5.41) is 0. The van der Waals surface area contributed by atoms with Gasteiger partial charge in [0.1, 0.15) is 5.82 Å². The summed E-state index contributed by atoms with van der Waals surface area (Å²) in [6, 6.07) is 5.91. The van der Waals surface area contributed by atoms with Gasteiger partial charge in [-0.15, -0.1) is 0 Å². The maximum Gasteiger partial charge on any atom is 0.282 e. The monoisotopic (exact) mass is 286 g/mol. The Morgan fingerprint density at radius 3 is 2.32 bits per heavy atom. The van der Waals surface area contributed by atoms with Gasteiger partial charge < -0.3 is 0 Å². The first kappa shape index (κ1) is 14.4. The summed E-state index contributed by atoms with van der Waals surface area (Å²) in [6.45, 7) is 1.45. The van der Waals surface area contributed by atoms with E-state index in [0.29, 0.717) is 13.1 Å². The molecule has 1 aliphatic heterocycles. The highest BCUT2D eigenvalue weighted by molar-refractivity contribution is 7.86. The number of rotatable bonds is 4. The lowest BCUT2D eigenvalue weighted by Gasteiger charge is -2.30. The maximum atomic E-state index is 12.8. The normalized spacial score (nSPS) is 17.8. The van der Waals surface area contributed by atoms with Crippen molar-refractivity contribution in [2.75, 3.05) is 20.1 Å². The third-order valence-corrected chi connectivity index (χ3v) is 5.29. The Labute approximate surface area is 114 Å². The minimum Gasteiger partial charge on any atom is -0.207 e. The van der Waals surface area contributed by atoms with Crippen LogP contribution in [-0.4, -0.2) is 37.2 Å². The van der Waals surface area contributed by atoms with E-state index in [2.05, 4.69) is 0 Å². The Morgan fingerprint density at radius 1 is 1.16 bits per heavy atom. The predicted molar refractivity (Wildman–Crippen MR) is 72.2 cm³/mol. The molecular formula is C13H19FN2O2S. The highest BCUT2D eigenvalue weighted by Gasteiger charge is 2.27. The van der Waals surface area contributed by atoms with Crippen LogP contribution in [0.3, 0.4) is 0 Å². The van der Waals surface area contributed by atoms with Crippen molar-refractivity contribution in [2.24, 2.45) is 0 Å². The number of piperidine rings is 1. The molecule has 4 nitrogen and oxygen atoms in total. The van der Waals surface area contributed by atoms with E-state index in [1.807, 2.05) is 0 Å². The first-order valence-electron chi connectivity index (χ1n) is 6.46. The van der Waals surface area contributed by atoms with E-state index in [0.717, 1.165) is 24.8 Å².